The van der Waals surface area contributed by atoms with Gasteiger partial charge in [-0.2, -0.15) is 0 Å². The molecule has 6 nitrogen and oxygen atoms in total. The van der Waals surface area contributed by atoms with Gasteiger partial charge in [0.15, 0.2) is 0 Å². The third kappa shape index (κ3) is 4.04. The van der Waals surface area contributed by atoms with Gasteiger partial charge in [-0.25, -0.2) is 0 Å². The third-order valence-electron chi connectivity index (χ3n) is 7.37. The van der Waals surface area contributed by atoms with Gasteiger partial charge < -0.3 is 19.6 Å². The van der Waals surface area contributed by atoms with Crippen molar-refractivity contribution in [2.75, 3.05) is 32.8 Å². The highest BCUT2D eigenvalue weighted by atomic mass is 16.6. The standard InChI is InChI=1S/C21H37N3O3/c1-3-19(25)24(16-5-6-16)17-7-10-22(11-8-17)18-13-21(14-18)9-12-23(15-21)20(26)27-4-2/h16-18,20,26H,3-15H2,1-2H3. The summed E-state index contributed by atoms with van der Waals surface area (Å²) < 4.78 is 5.36. The highest BCUT2D eigenvalue weighted by molar-refractivity contribution is 5.76. The highest BCUT2D eigenvalue weighted by Crippen LogP contribution is 2.51. The second kappa shape index (κ2) is 7.97. The molecule has 4 aliphatic rings. The SMILES string of the molecule is CCOC(O)N1CCC2(CC(N3CCC(N(C(=O)CC)C4CC4)CC3)C2)C1. The predicted molar refractivity (Wildman–Crippen MR) is 104 cm³/mol. The Hall–Kier alpha value is -0.690. The van der Waals surface area contributed by atoms with Crippen LogP contribution < -0.4 is 0 Å². The van der Waals surface area contributed by atoms with Crippen LogP contribution in [0.5, 0.6) is 0 Å². The fourth-order valence-corrected chi connectivity index (χ4v) is 5.71. The molecule has 0 bridgehead atoms. The molecule has 2 heterocycles. The van der Waals surface area contributed by atoms with Crippen LogP contribution in [0.15, 0.2) is 0 Å². The molecule has 2 aliphatic heterocycles. The molecule has 6 heteroatoms. The number of aliphatic hydroxyl groups excluding tert-OH is 1. The van der Waals surface area contributed by atoms with Gasteiger partial charge in [-0.05, 0) is 57.3 Å². The lowest BCUT2D eigenvalue weighted by molar-refractivity contribution is -0.188. The molecule has 1 atom stereocenters. The monoisotopic (exact) mass is 379 g/mol. The molecule has 4 rings (SSSR count). The first kappa shape index (κ1) is 19.6. The lowest BCUT2D eigenvalue weighted by Gasteiger charge is -2.52. The molecule has 154 valence electrons. The zero-order chi connectivity index (χ0) is 19.0. The van der Waals surface area contributed by atoms with Crippen molar-refractivity contribution in [2.24, 2.45) is 5.41 Å². The maximum absolute atomic E-state index is 12.4. The van der Waals surface area contributed by atoms with Gasteiger partial charge in [0.1, 0.15) is 0 Å². The predicted octanol–water partition coefficient (Wildman–Crippen LogP) is 2.02. The van der Waals surface area contributed by atoms with Gasteiger partial charge in [-0.3, -0.25) is 9.69 Å². The normalized spacial score (nSPS) is 34.0. The van der Waals surface area contributed by atoms with E-state index in [2.05, 4.69) is 14.7 Å². The van der Waals surface area contributed by atoms with Gasteiger partial charge in [0, 0.05) is 57.3 Å². The van der Waals surface area contributed by atoms with E-state index in [1.54, 1.807) is 0 Å². The molecule has 1 unspecified atom stereocenters. The summed E-state index contributed by atoms with van der Waals surface area (Å²) in [6, 6.07) is 1.71. The van der Waals surface area contributed by atoms with Crippen molar-refractivity contribution in [1.29, 1.82) is 0 Å². The highest BCUT2D eigenvalue weighted by Gasteiger charge is 2.51. The Kier molecular flexibility index (Phi) is 5.79. The Morgan fingerprint density at radius 3 is 2.41 bits per heavy atom. The number of ether oxygens (including phenoxy) is 1. The van der Waals surface area contributed by atoms with Crippen molar-refractivity contribution in [1.82, 2.24) is 14.7 Å². The Labute approximate surface area is 163 Å². The average molecular weight is 380 g/mol. The quantitative estimate of drug-likeness (QED) is 0.686. The number of amides is 1. The van der Waals surface area contributed by atoms with Crippen molar-refractivity contribution >= 4 is 5.91 Å². The largest absolute Gasteiger partial charge is 0.356 e. The molecule has 1 N–H and O–H groups in total. The summed E-state index contributed by atoms with van der Waals surface area (Å²) >= 11 is 0. The zero-order valence-electron chi connectivity index (χ0n) is 17.1. The van der Waals surface area contributed by atoms with E-state index >= 15 is 0 Å². The number of nitrogens with zero attached hydrogens (tertiary/aromatic N) is 3. The van der Waals surface area contributed by atoms with E-state index in [1.807, 2.05) is 13.8 Å². The summed E-state index contributed by atoms with van der Waals surface area (Å²) in [5.41, 5.74) is 0.401. The van der Waals surface area contributed by atoms with E-state index in [0.717, 1.165) is 39.0 Å². The van der Waals surface area contributed by atoms with Crippen molar-refractivity contribution in [3.8, 4) is 0 Å². The molecular weight excluding hydrogens is 342 g/mol. The van der Waals surface area contributed by atoms with Crippen LogP contribution >= 0.6 is 0 Å². The minimum Gasteiger partial charge on any atom is -0.356 e. The first-order valence-corrected chi connectivity index (χ1v) is 11.1. The van der Waals surface area contributed by atoms with Crippen LogP contribution in [0.1, 0.15) is 65.2 Å². The Morgan fingerprint density at radius 1 is 1.15 bits per heavy atom. The molecule has 0 radical (unpaired) electrons. The van der Waals surface area contributed by atoms with Gasteiger partial charge in [-0.15, -0.1) is 0 Å². The van der Waals surface area contributed by atoms with Gasteiger partial charge in [0.25, 0.3) is 0 Å². The summed E-state index contributed by atoms with van der Waals surface area (Å²) in [7, 11) is 0. The topological polar surface area (TPSA) is 56.3 Å². The van der Waals surface area contributed by atoms with Crippen LogP contribution in [0.2, 0.25) is 0 Å². The number of carbonyl (C=O) groups excluding carboxylic acids is 1. The van der Waals surface area contributed by atoms with Gasteiger partial charge in [0.05, 0.1) is 0 Å². The van der Waals surface area contributed by atoms with Crippen molar-refractivity contribution in [2.45, 2.75) is 89.8 Å². The smallest absolute Gasteiger partial charge is 0.222 e. The van der Waals surface area contributed by atoms with Crippen LogP contribution in [-0.4, -0.2) is 83.0 Å². The first-order valence-electron chi connectivity index (χ1n) is 11.1. The Bertz CT molecular complexity index is 525. The van der Waals surface area contributed by atoms with Crippen LogP contribution in [0, 0.1) is 5.41 Å². The molecule has 2 saturated carbocycles. The summed E-state index contributed by atoms with van der Waals surface area (Å²) in [6.45, 7) is 8.67. The number of likely N-dealkylation sites (tertiary alicyclic amines) is 2. The van der Waals surface area contributed by atoms with Crippen molar-refractivity contribution in [3.63, 3.8) is 0 Å². The molecule has 0 aromatic heterocycles. The van der Waals surface area contributed by atoms with E-state index in [9.17, 15) is 9.90 Å². The zero-order valence-corrected chi connectivity index (χ0v) is 17.1. The van der Waals surface area contributed by atoms with Gasteiger partial charge in [-0.1, -0.05) is 6.92 Å². The fourth-order valence-electron chi connectivity index (χ4n) is 5.71. The lowest BCUT2D eigenvalue weighted by Crippen LogP contribution is -2.56. The first-order chi connectivity index (χ1) is 13.0. The number of carbonyl (C=O) groups is 1. The second-order valence-electron chi connectivity index (χ2n) is 9.22. The van der Waals surface area contributed by atoms with E-state index < -0.39 is 6.41 Å². The van der Waals surface area contributed by atoms with E-state index in [-0.39, 0.29) is 0 Å². The molecule has 27 heavy (non-hydrogen) atoms. The summed E-state index contributed by atoms with van der Waals surface area (Å²) in [5, 5.41) is 10.1. The fraction of sp³-hybridized carbons (Fsp3) is 0.952. The molecular formula is C21H37N3O3. The number of hydrogen-bond acceptors (Lipinski definition) is 5. The summed E-state index contributed by atoms with van der Waals surface area (Å²) in [5.74, 6) is 0.359. The third-order valence-corrected chi connectivity index (χ3v) is 7.37. The minimum atomic E-state index is -0.728. The Balaban J connectivity index is 1.23. The van der Waals surface area contributed by atoms with E-state index in [1.165, 1.54) is 32.1 Å². The lowest BCUT2D eigenvalue weighted by atomic mass is 9.64. The summed E-state index contributed by atoms with van der Waals surface area (Å²) in [6.07, 6.45) is 8.31. The van der Waals surface area contributed by atoms with Gasteiger partial charge in [0.2, 0.25) is 12.3 Å². The van der Waals surface area contributed by atoms with Crippen molar-refractivity contribution in [3.05, 3.63) is 0 Å². The van der Waals surface area contributed by atoms with E-state index in [4.69, 9.17) is 4.74 Å². The van der Waals surface area contributed by atoms with Crippen LogP contribution in [0.25, 0.3) is 0 Å². The number of hydrogen-bond donors (Lipinski definition) is 1. The molecule has 2 saturated heterocycles. The van der Waals surface area contributed by atoms with Crippen LogP contribution in [0.3, 0.4) is 0 Å². The number of rotatable bonds is 7. The maximum atomic E-state index is 12.4. The molecule has 2 aliphatic carbocycles. The van der Waals surface area contributed by atoms with Crippen LogP contribution in [0.4, 0.5) is 0 Å². The summed E-state index contributed by atoms with van der Waals surface area (Å²) in [4.78, 5) is 19.4. The molecule has 0 aromatic carbocycles. The van der Waals surface area contributed by atoms with Crippen molar-refractivity contribution < 1.29 is 14.6 Å². The number of piperidine rings is 1. The Morgan fingerprint density at radius 2 is 1.81 bits per heavy atom. The van der Waals surface area contributed by atoms with Gasteiger partial charge >= 0.3 is 0 Å². The second-order valence-corrected chi connectivity index (χ2v) is 9.22. The van der Waals surface area contributed by atoms with Crippen LogP contribution in [-0.2, 0) is 9.53 Å². The molecule has 0 aromatic rings. The molecule has 4 fully saturated rings. The molecule has 1 amide bonds. The average Bonchev–Trinajstić information content (AvgIpc) is 3.37. The number of aliphatic hydroxyl groups is 1. The maximum Gasteiger partial charge on any atom is 0.222 e. The molecule has 1 spiro atoms. The van der Waals surface area contributed by atoms with E-state index in [0.29, 0.717) is 42.5 Å². The minimum absolute atomic E-state index is 0.359.